The molecule has 30 heavy (non-hydrogen) atoms. The van der Waals surface area contributed by atoms with Crippen LogP contribution in [0.25, 0.3) is 0 Å². The van der Waals surface area contributed by atoms with E-state index >= 15 is 0 Å². The molecule has 2 fully saturated rings. The van der Waals surface area contributed by atoms with Crippen LogP contribution < -0.4 is 0 Å². The molecular formula is C29H46N+. The summed E-state index contributed by atoms with van der Waals surface area (Å²) in [6.45, 7) is 16.1. The second-order valence-corrected chi connectivity index (χ2v) is 11.6. The third-order valence-electron chi connectivity index (χ3n) is 10.0. The molecule has 4 aliphatic rings. The Morgan fingerprint density at radius 3 is 2.43 bits per heavy atom. The molecule has 0 radical (unpaired) electrons. The zero-order valence-corrected chi connectivity index (χ0v) is 20.9. The van der Waals surface area contributed by atoms with Gasteiger partial charge in [0.1, 0.15) is 7.05 Å². The summed E-state index contributed by atoms with van der Waals surface area (Å²) in [6, 6.07) is 0. The molecule has 0 saturated heterocycles. The smallest absolute Gasteiger partial charge is 0.189 e. The Kier molecular flexibility index (Phi) is 5.97. The Morgan fingerprint density at radius 1 is 1.20 bits per heavy atom. The fraction of sp³-hybridized carbons (Fsp3) is 0.759. The number of unbranched alkanes of at least 4 members (excludes halogenated alkanes) is 1. The van der Waals surface area contributed by atoms with Gasteiger partial charge >= 0.3 is 0 Å². The van der Waals surface area contributed by atoms with Crippen molar-refractivity contribution in [1.82, 2.24) is 0 Å². The largest absolute Gasteiger partial charge is 0.235 e. The molecule has 0 aromatic carbocycles. The van der Waals surface area contributed by atoms with Crippen LogP contribution in [0.4, 0.5) is 0 Å². The zero-order chi connectivity index (χ0) is 21.7. The molecule has 166 valence electrons. The van der Waals surface area contributed by atoms with Crippen LogP contribution in [0.15, 0.2) is 34.9 Å². The average molecular weight is 409 g/mol. The number of nitrogens with zero attached hydrogens (tertiary/aromatic N) is 1. The van der Waals surface area contributed by atoms with E-state index < -0.39 is 0 Å². The van der Waals surface area contributed by atoms with E-state index in [0.717, 1.165) is 17.8 Å². The van der Waals surface area contributed by atoms with Crippen LogP contribution in [-0.2, 0) is 0 Å². The van der Waals surface area contributed by atoms with Crippen molar-refractivity contribution in [1.29, 1.82) is 0 Å². The maximum atomic E-state index is 2.63. The fourth-order valence-electron chi connectivity index (χ4n) is 7.00. The van der Waals surface area contributed by atoms with E-state index in [4.69, 9.17) is 0 Å². The highest BCUT2D eigenvalue weighted by molar-refractivity contribution is 6.04. The third kappa shape index (κ3) is 3.39. The number of rotatable bonds is 8. The van der Waals surface area contributed by atoms with Crippen molar-refractivity contribution in [2.45, 2.75) is 92.9 Å². The predicted octanol–water partition coefficient (Wildman–Crippen LogP) is 7.58. The minimum absolute atomic E-state index is 0.309. The molecule has 4 rings (SSSR count). The Bertz CT molecular complexity index is 798. The van der Waals surface area contributed by atoms with Crippen molar-refractivity contribution in [2.24, 2.45) is 34.5 Å². The van der Waals surface area contributed by atoms with Gasteiger partial charge in [-0.2, -0.15) is 0 Å². The molecule has 0 amide bonds. The maximum absolute atomic E-state index is 2.63. The molecule has 1 heteroatoms. The van der Waals surface area contributed by atoms with Crippen molar-refractivity contribution in [3.05, 3.63) is 34.9 Å². The van der Waals surface area contributed by atoms with E-state index in [0.29, 0.717) is 16.7 Å². The summed E-state index contributed by atoms with van der Waals surface area (Å²) in [5.41, 5.74) is 7.50. The van der Waals surface area contributed by atoms with Crippen molar-refractivity contribution >= 4 is 5.71 Å². The molecule has 0 N–H and O–H groups in total. The summed E-state index contributed by atoms with van der Waals surface area (Å²) in [6.07, 6.45) is 18.3. The van der Waals surface area contributed by atoms with Crippen LogP contribution in [0.2, 0.25) is 0 Å². The monoisotopic (exact) mass is 408 g/mol. The quantitative estimate of drug-likeness (QED) is 0.364. The van der Waals surface area contributed by atoms with Crippen molar-refractivity contribution in [3.8, 4) is 0 Å². The Balaban J connectivity index is 1.74. The first-order chi connectivity index (χ1) is 14.3. The molecule has 5 unspecified atom stereocenters. The van der Waals surface area contributed by atoms with Gasteiger partial charge in [0.05, 0.1) is 6.42 Å². The van der Waals surface area contributed by atoms with Crippen molar-refractivity contribution in [3.63, 3.8) is 0 Å². The highest BCUT2D eigenvalue weighted by Crippen LogP contribution is 2.69. The molecular weight excluding hydrogens is 362 g/mol. The van der Waals surface area contributed by atoms with E-state index in [9.17, 15) is 0 Å². The lowest BCUT2D eigenvalue weighted by atomic mass is 9.67. The number of fused-ring (bicyclic) bond motifs is 1. The van der Waals surface area contributed by atoms with Gasteiger partial charge in [-0.25, -0.2) is 4.58 Å². The SMILES string of the molecule is CCCCC(C)(CC)C12C=CC=C(C(C)C3CC(C)C(C)C3)C(C3=[N+](C)CC3)=C1C2. The molecule has 0 spiro atoms. The van der Waals surface area contributed by atoms with Gasteiger partial charge in [0.15, 0.2) is 12.3 Å². The first-order valence-electron chi connectivity index (χ1n) is 13.0. The van der Waals surface area contributed by atoms with Gasteiger partial charge in [-0.1, -0.05) is 72.6 Å². The summed E-state index contributed by atoms with van der Waals surface area (Å²) in [7, 11) is 2.31. The summed E-state index contributed by atoms with van der Waals surface area (Å²) in [5.74, 6) is 3.28. The standard InChI is InChI=1S/C29H46N/c1-8-10-14-28(6,9-2)29-15-11-12-24(22(5)23-17-20(3)21(4)18-23)27(25(29)19-29)26-13-16-30(26)7/h11-12,15,20-23H,8-10,13-14,16-19H2,1-7H3/q+1. The van der Waals surface area contributed by atoms with Gasteiger partial charge < -0.3 is 0 Å². The summed E-state index contributed by atoms with van der Waals surface area (Å²) < 4.78 is 2.53. The molecule has 0 aromatic rings. The molecule has 5 atom stereocenters. The normalized spacial score (nSPS) is 36.1. The Morgan fingerprint density at radius 2 is 1.90 bits per heavy atom. The van der Waals surface area contributed by atoms with Crippen LogP contribution in [0.3, 0.4) is 0 Å². The second-order valence-electron chi connectivity index (χ2n) is 11.6. The fourth-order valence-corrected chi connectivity index (χ4v) is 7.00. The predicted molar refractivity (Wildman–Crippen MR) is 130 cm³/mol. The van der Waals surface area contributed by atoms with Crippen LogP contribution in [0.1, 0.15) is 92.9 Å². The first-order valence-corrected chi connectivity index (χ1v) is 13.0. The van der Waals surface area contributed by atoms with Crippen molar-refractivity contribution < 1.29 is 4.58 Å². The summed E-state index contributed by atoms with van der Waals surface area (Å²) in [4.78, 5) is 0. The minimum atomic E-state index is 0.309. The first kappa shape index (κ1) is 22.1. The van der Waals surface area contributed by atoms with E-state index in [1.54, 1.807) is 22.4 Å². The van der Waals surface area contributed by atoms with Gasteiger partial charge in [0.2, 0.25) is 0 Å². The van der Waals surface area contributed by atoms with E-state index in [1.165, 1.54) is 57.9 Å². The van der Waals surface area contributed by atoms with Crippen LogP contribution in [-0.4, -0.2) is 23.9 Å². The van der Waals surface area contributed by atoms with Gasteiger partial charge in [0.25, 0.3) is 0 Å². The van der Waals surface area contributed by atoms with Gasteiger partial charge in [-0.05, 0) is 72.3 Å². The second kappa shape index (κ2) is 8.10. The zero-order valence-electron chi connectivity index (χ0n) is 20.9. The average Bonchev–Trinajstić information content (AvgIpc) is 3.39. The lowest BCUT2D eigenvalue weighted by Crippen LogP contribution is -2.35. The Labute approximate surface area is 186 Å². The van der Waals surface area contributed by atoms with E-state index in [1.807, 2.05) is 0 Å². The molecule has 2 saturated carbocycles. The highest BCUT2D eigenvalue weighted by Gasteiger charge is 2.61. The van der Waals surface area contributed by atoms with Crippen LogP contribution in [0, 0.1) is 34.5 Å². The van der Waals surface area contributed by atoms with Gasteiger partial charge in [-0.3, -0.25) is 0 Å². The molecule has 3 aliphatic carbocycles. The lowest BCUT2D eigenvalue weighted by Gasteiger charge is -2.36. The van der Waals surface area contributed by atoms with Crippen LogP contribution in [0.5, 0.6) is 0 Å². The molecule has 1 aliphatic heterocycles. The third-order valence-corrected chi connectivity index (χ3v) is 10.0. The maximum Gasteiger partial charge on any atom is 0.189 e. The molecule has 1 heterocycles. The van der Waals surface area contributed by atoms with Gasteiger partial charge in [-0.15, -0.1) is 0 Å². The summed E-state index contributed by atoms with van der Waals surface area (Å²) in [5, 5.41) is 0. The lowest BCUT2D eigenvalue weighted by molar-refractivity contribution is -0.521. The molecule has 1 nitrogen and oxygen atoms in total. The van der Waals surface area contributed by atoms with Crippen LogP contribution >= 0.6 is 0 Å². The molecule has 0 aromatic heterocycles. The number of allylic oxidation sites excluding steroid dienone is 6. The van der Waals surface area contributed by atoms with E-state index in [2.05, 4.69) is 71.4 Å². The summed E-state index contributed by atoms with van der Waals surface area (Å²) >= 11 is 0. The Hall–Kier alpha value is -1.11. The van der Waals surface area contributed by atoms with E-state index in [-0.39, 0.29) is 0 Å². The number of hydrogen-bond donors (Lipinski definition) is 0. The minimum Gasteiger partial charge on any atom is -0.235 e. The number of hydrogen-bond acceptors (Lipinski definition) is 0. The topological polar surface area (TPSA) is 3.01 Å². The molecule has 0 bridgehead atoms. The highest BCUT2D eigenvalue weighted by atomic mass is 15.0. The van der Waals surface area contributed by atoms with Gasteiger partial charge in [0, 0.05) is 11.0 Å². The van der Waals surface area contributed by atoms with Crippen molar-refractivity contribution in [2.75, 3.05) is 13.6 Å².